The van der Waals surface area contributed by atoms with Gasteiger partial charge in [-0.25, -0.2) is 4.68 Å². The Labute approximate surface area is 165 Å². The van der Waals surface area contributed by atoms with Gasteiger partial charge in [-0.15, -0.1) is 10.2 Å². The summed E-state index contributed by atoms with van der Waals surface area (Å²) < 4.78 is 12.9. The lowest BCUT2D eigenvalue weighted by Crippen LogP contribution is -2.12. The quantitative estimate of drug-likeness (QED) is 0.615. The van der Waals surface area contributed by atoms with E-state index in [0.717, 1.165) is 5.56 Å². The van der Waals surface area contributed by atoms with E-state index in [1.54, 1.807) is 48.7 Å². The fourth-order valence-corrected chi connectivity index (χ4v) is 3.09. The molecule has 2 aromatic carbocycles. The van der Waals surface area contributed by atoms with E-state index in [4.69, 9.17) is 44.3 Å². The van der Waals surface area contributed by atoms with Crippen LogP contribution in [-0.4, -0.2) is 22.0 Å². The number of hydrogen-bond acceptors (Lipinski definition) is 5. The third-order valence-electron chi connectivity index (χ3n) is 3.60. The summed E-state index contributed by atoms with van der Waals surface area (Å²) in [7, 11) is 1.55. The molecule has 0 aliphatic rings. The van der Waals surface area contributed by atoms with Crippen LogP contribution in [0.3, 0.4) is 0 Å². The third-order valence-corrected chi connectivity index (χ3v) is 4.59. The average Bonchev–Trinajstić information content (AvgIpc) is 3.14. The molecule has 0 atom stereocenters. The molecule has 1 N–H and O–H groups in total. The van der Waals surface area contributed by atoms with Gasteiger partial charge in [-0.05, 0) is 29.8 Å². The molecule has 0 fully saturated rings. The van der Waals surface area contributed by atoms with Crippen LogP contribution in [0.5, 0.6) is 11.5 Å². The zero-order valence-corrected chi connectivity index (χ0v) is 16.0. The number of halogens is 3. The van der Waals surface area contributed by atoms with Crippen LogP contribution in [0.25, 0.3) is 0 Å². The van der Waals surface area contributed by atoms with Gasteiger partial charge in [0.25, 0.3) is 0 Å². The minimum atomic E-state index is 0.174. The summed E-state index contributed by atoms with van der Waals surface area (Å²) in [6, 6.07) is 8.92. The highest BCUT2D eigenvalue weighted by Crippen LogP contribution is 2.38. The number of aromatic nitrogens is 3. The van der Waals surface area contributed by atoms with Gasteiger partial charge in [0.15, 0.2) is 11.5 Å². The van der Waals surface area contributed by atoms with Gasteiger partial charge in [0.1, 0.15) is 19.3 Å². The van der Waals surface area contributed by atoms with E-state index < -0.39 is 0 Å². The summed E-state index contributed by atoms with van der Waals surface area (Å²) in [5.41, 5.74) is 4.71. The summed E-state index contributed by atoms with van der Waals surface area (Å²) in [5, 5.41) is 8.93. The van der Waals surface area contributed by atoms with Gasteiger partial charge in [-0.1, -0.05) is 40.9 Å². The van der Waals surface area contributed by atoms with Gasteiger partial charge >= 0.3 is 0 Å². The number of rotatable bonds is 7. The Bertz CT molecular complexity index is 868. The molecular weight excluding hydrogens is 399 g/mol. The molecule has 0 saturated heterocycles. The summed E-state index contributed by atoms with van der Waals surface area (Å²) in [4.78, 5) is 0. The lowest BCUT2D eigenvalue weighted by Gasteiger charge is -2.16. The maximum absolute atomic E-state index is 6.39. The van der Waals surface area contributed by atoms with Gasteiger partial charge in [0, 0.05) is 15.6 Å². The van der Waals surface area contributed by atoms with Crippen molar-refractivity contribution in [1.29, 1.82) is 0 Å². The number of benzene rings is 2. The SMILES string of the molecule is COc1cc(CNn2cnnc2)cc(Cl)c1OCc1c(Cl)cccc1Cl. The number of methoxy groups -OCH3 is 1. The molecule has 0 radical (unpaired) electrons. The van der Waals surface area contributed by atoms with Crippen molar-refractivity contribution in [2.75, 3.05) is 12.5 Å². The molecule has 0 unspecified atom stereocenters. The Morgan fingerprint density at radius 2 is 1.73 bits per heavy atom. The van der Waals surface area contributed by atoms with E-state index in [1.165, 1.54) is 0 Å². The van der Waals surface area contributed by atoms with E-state index in [9.17, 15) is 0 Å². The van der Waals surface area contributed by atoms with Crippen LogP contribution in [0.15, 0.2) is 43.0 Å². The Morgan fingerprint density at radius 3 is 2.38 bits per heavy atom. The smallest absolute Gasteiger partial charge is 0.180 e. The predicted octanol–water partition coefficient (Wildman–Crippen LogP) is 4.57. The highest BCUT2D eigenvalue weighted by atomic mass is 35.5. The average molecular weight is 414 g/mol. The minimum absolute atomic E-state index is 0.174. The van der Waals surface area contributed by atoms with Gasteiger partial charge in [0.05, 0.1) is 18.7 Å². The minimum Gasteiger partial charge on any atom is -0.493 e. The zero-order valence-electron chi connectivity index (χ0n) is 13.7. The van der Waals surface area contributed by atoms with E-state index in [1.807, 2.05) is 6.07 Å². The number of nitrogens with one attached hydrogen (secondary N) is 1. The lowest BCUT2D eigenvalue weighted by atomic mass is 10.2. The first-order valence-corrected chi connectivity index (χ1v) is 8.72. The molecule has 3 rings (SSSR count). The van der Waals surface area contributed by atoms with E-state index >= 15 is 0 Å². The van der Waals surface area contributed by atoms with Crippen LogP contribution >= 0.6 is 34.8 Å². The normalized spacial score (nSPS) is 10.6. The van der Waals surface area contributed by atoms with Crippen LogP contribution in [0.2, 0.25) is 15.1 Å². The van der Waals surface area contributed by atoms with Crippen LogP contribution in [0.4, 0.5) is 0 Å². The molecule has 1 heterocycles. The number of hydrogen-bond donors (Lipinski definition) is 1. The summed E-state index contributed by atoms with van der Waals surface area (Å²) in [6.07, 6.45) is 3.12. The molecule has 0 aliphatic carbocycles. The first-order chi connectivity index (χ1) is 12.6. The van der Waals surface area contributed by atoms with Crippen molar-refractivity contribution in [3.8, 4) is 11.5 Å². The van der Waals surface area contributed by atoms with E-state index in [-0.39, 0.29) is 6.61 Å². The second kappa shape index (κ2) is 8.49. The van der Waals surface area contributed by atoms with Gasteiger partial charge in [0.2, 0.25) is 0 Å². The highest BCUT2D eigenvalue weighted by Gasteiger charge is 2.14. The zero-order chi connectivity index (χ0) is 18.5. The fraction of sp³-hybridized carbons (Fsp3) is 0.176. The van der Waals surface area contributed by atoms with Crippen molar-refractivity contribution in [1.82, 2.24) is 14.9 Å². The standard InChI is InChI=1S/C17H15Cl3N4O2/c1-25-16-6-11(7-23-24-9-21-22-10-24)5-15(20)17(16)26-8-12-13(18)3-2-4-14(12)19/h2-6,9-10,23H,7-8H2,1H3. The predicted molar refractivity (Wildman–Crippen MR) is 102 cm³/mol. The molecule has 0 saturated carbocycles. The summed E-state index contributed by atoms with van der Waals surface area (Å²) in [5.74, 6) is 0.944. The van der Waals surface area contributed by atoms with Gasteiger partial charge in [-0.3, -0.25) is 0 Å². The largest absolute Gasteiger partial charge is 0.493 e. The van der Waals surface area contributed by atoms with Gasteiger partial charge in [-0.2, -0.15) is 0 Å². The Hall–Kier alpha value is -2.15. The molecule has 0 amide bonds. The van der Waals surface area contributed by atoms with Crippen LogP contribution in [0.1, 0.15) is 11.1 Å². The second-order valence-corrected chi connectivity index (χ2v) is 6.52. The van der Waals surface area contributed by atoms with Crippen molar-refractivity contribution < 1.29 is 9.47 Å². The van der Waals surface area contributed by atoms with Crippen molar-refractivity contribution in [2.45, 2.75) is 13.2 Å². The van der Waals surface area contributed by atoms with Crippen molar-refractivity contribution in [3.05, 3.63) is 69.2 Å². The molecular formula is C17H15Cl3N4O2. The van der Waals surface area contributed by atoms with Gasteiger partial charge < -0.3 is 14.9 Å². The fourth-order valence-electron chi connectivity index (χ4n) is 2.29. The number of ether oxygens (including phenoxy) is 2. The lowest BCUT2D eigenvalue weighted by molar-refractivity contribution is 0.284. The Morgan fingerprint density at radius 1 is 1.04 bits per heavy atom. The molecule has 3 aromatic rings. The van der Waals surface area contributed by atoms with Crippen molar-refractivity contribution in [3.63, 3.8) is 0 Å². The monoisotopic (exact) mass is 412 g/mol. The first-order valence-electron chi connectivity index (χ1n) is 7.59. The molecule has 0 spiro atoms. The van der Waals surface area contributed by atoms with Crippen LogP contribution in [-0.2, 0) is 13.2 Å². The molecule has 9 heteroatoms. The van der Waals surface area contributed by atoms with Crippen molar-refractivity contribution in [2.24, 2.45) is 0 Å². The van der Waals surface area contributed by atoms with Crippen LogP contribution in [0, 0.1) is 0 Å². The van der Waals surface area contributed by atoms with E-state index in [0.29, 0.717) is 38.7 Å². The first kappa shape index (κ1) is 18.6. The molecule has 136 valence electrons. The third kappa shape index (κ3) is 4.33. The maximum atomic E-state index is 6.39. The number of nitrogens with zero attached hydrogens (tertiary/aromatic N) is 3. The molecule has 1 aromatic heterocycles. The topological polar surface area (TPSA) is 61.2 Å². The Kier molecular flexibility index (Phi) is 6.08. The molecule has 26 heavy (non-hydrogen) atoms. The summed E-state index contributed by atoms with van der Waals surface area (Å²) in [6.45, 7) is 0.678. The highest BCUT2D eigenvalue weighted by molar-refractivity contribution is 6.36. The summed E-state index contributed by atoms with van der Waals surface area (Å²) >= 11 is 18.7. The molecule has 0 aliphatic heterocycles. The molecule has 0 bridgehead atoms. The van der Waals surface area contributed by atoms with E-state index in [2.05, 4.69) is 15.6 Å². The second-order valence-electron chi connectivity index (χ2n) is 5.30. The maximum Gasteiger partial charge on any atom is 0.180 e. The van der Waals surface area contributed by atoms with Crippen molar-refractivity contribution >= 4 is 34.8 Å². The van der Waals surface area contributed by atoms with Crippen LogP contribution < -0.4 is 14.9 Å². The molecule has 6 nitrogen and oxygen atoms in total. The Balaban J connectivity index is 1.76.